The van der Waals surface area contributed by atoms with Crippen LogP contribution in [0.25, 0.3) is 43.9 Å². The Hall–Kier alpha value is -6.74. The molecule has 21 nitrogen and oxygen atoms in total. The lowest BCUT2D eigenvalue weighted by Gasteiger charge is -2.35. The molecule has 0 radical (unpaired) electrons. The number of nitrogens with one attached hydrogen (secondary N) is 2. The first-order valence-electron chi connectivity index (χ1n) is 29.9. The molecule has 3 atom stereocenters. The highest BCUT2D eigenvalue weighted by Gasteiger charge is 2.44. The van der Waals surface area contributed by atoms with Crippen molar-refractivity contribution >= 4 is 46.0 Å². The Kier molecular flexibility index (Phi) is 23.4. The van der Waals surface area contributed by atoms with E-state index in [4.69, 9.17) is 33.4 Å². The van der Waals surface area contributed by atoms with E-state index in [1.807, 2.05) is 84.2 Å². The molecular formula is C63H80F2N10O11S. The molecule has 9 rings (SSSR count). The van der Waals surface area contributed by atoms with Gasteiger partial charge in [-0.05, 0) is 60.1 Å². The van der Waals surface area contributed by atoms with E-state index >= 15 is 8.78 Å². The molecule has 3 aromatic carbocycles. The normalized spacial score (nSPS) is 17.3. The third-order valence-electron chi connectivity index (χ3n) is 15.7. The Bertz CT molecular complexity index is 3220. The number of morpholine rings is 1. The molecule has 3 fully saturated rings. The van der Waals surface area contributed by atoms with E-state index in [1.165, 1.54) is 17.0 Å². The predicted octanol–water partition coefficient (Wildman–Crippen LogP) is 6.54. The highest BCUT2D eigenvalue weighted by atomic mass is 32.1. The number of ether oxygens (including phenoxy) is 6. The van der Waals surface area contributed by atoms with E-state index in [0.29, 0.717) is 113 Å². The third kappa shape index (κ3) is 18.0. The number of fused-ring (bicyclic) bond motifs is 1. The molecule has 3 saturated heterocycles. The number of carbonyl (C=O) groups excluding carboxylic acids is 4. The lowest BCUT2D eigenvalue weighted by Crippen LogP contribution is -2.57. The number of aryl methyl sites for hydroxylation is 1. The molecule has 3 aliphatic heterocycles. The van der Waals surface area contributed by atoms with Gasteiger partial charge in [0.05, 0.1) is 143 Å². The molecule has 0 spiro atoms. The van der Waals surface area contributed by atoms with E-state index in [0.717, 1.165) is 40.1 Å². The minimum Gasteiger partial charge on any atom is -0.391 e. The lowest BCUT2D eigenvalue weighted by molar-refractivity contribution is -0.144. The molecule has 24 heteroatoms. The minimum absolute atomic E-state index is 0.0126. The zero-order valence-electron chi connectivity index (χ0n) is 50.1. The zero-order valence-corrected chi connectivity index (χ0v) is 50.9. The number of para-hydroxylation sites is 1. The van der Waals surface area contributed by atoms with Crippen LogP contribution in [0.3, 0.4) is 0 Å². The molecular weight excluding hydrogens is 1140 g/mol. The largest absolute Gasteiger partial charge is 0.391 e. The van der Waals surface area contributed by atoms with Gasteiger partial charge in [-0.25, -0.2) is 18.7 Å². The average molecular weight is 1220 g/mol. The SMILES string of the molecule is Cc1ncsc1-c1ccc(CNC(=O)C2C[C@@H](O)CN2C(=O)C(NC(=O)CCOCCOCCOCCOCCOCCC(=O)N2CCC(n3cc(-c4cnc5cccc(-c6cc(F)c(CN7CCOCC7)c(F)c6)c5n4)cn3)CC2)C(C)(C)C)cc1. The fourth-order valence-electron chi connectivity index (χ4n) is 10.8. The maximum Gasteiger partial charge on any atom is 0.246 e. The first kappa shape index (κ1) is 64.7. The molecule has 3 aromatic heterocycles. The highest BCUT2D eigenvalue weighted by Crippen LogP contribution is 2.33. The molecule has 87 heavy (non-hydrogen) atoms. The van der Waals surface area contributed by atoms with Crippen LogP contribution in [0.2, 0.25) is 0 Å². The first-order chi connectivity index (χ1) is 42.1. The van der Waals surface area contributed by atoms with Crippen LogP contribution in [0, 0.1) is 24.0 Å². The van der Waals surface area contributed by atoms with Gasteiger partial charge >= 0.3 is 0 Å². The van der Waals surface area contributed by atoms with Crippen molar-refractivity contribution < 1.29 is 61.5 Å². The number of piperidine rings is 1. The number of hydrogen-bond acceptors (Lipinski definition) is 17. The molecule has 6 aromatic rings. The third-order valence-corrected chi connectivity index (χ3v) is 16.7. The van der Waals surface area contributed by atoms with Crippen molar-refractivity contribution in [1.29, 1.82) is 0 Å². The van der Waals surface area contributed by atoms with Gasteiger partial charge in [0.1, 0.15) is 23.7 Å². The smallest absolute Gasteiger partial charge is 0.246 e. The van der Waals surface area contributed by atoms with E-state index in [2.05, 4.69) is 25.7 Å². The fourth-order valence-corrected chi connectivity index (χ4v) is 11.6. The van der Waals surface area contributed by atoms with E-state index in [9.17, 15) is 24.3 Å². The number of hydrogen-bond donors (Lipinski definition) is 3. The van der Waals surface area contributed by atoms with Crippen LogP contribution >= 0.6 is 11.3 Å². The summed E-state index contributed by atoms with van der Waals surface area (Å²) >= 11 is 1.57. The molecule has 0 saturated carbocycles. The predicted molar refractivity (Wildman–Crippen MR) is 322 cm³/mol. The summed E-state index contributed by atoms with van der Waals surface area (Å²) in [5, 5.41) is 21.0. The summed E-state index contributed by atoms with van der Waals surface area (Å²) in [6.07, 6.45) is 6.32. The van der Waals surface area contributed by atoms with Gasteiger partial charge in [-0.15, -0.1) is 11.3 Å². The Labute approximate surface area is 510 Å². The van der Waals surface area contributed by atoms with E-state index in [1.54, 1.807) is 35.9 Å². The zero-order chi connectivity index (χ0) is 61.3. The number of likely N-dealkylation sites (tertiary alicyclic amines) is 2. The minimum atomic E-state index is -0.943. The summed E-state index contributed by atoms with van der Waals surface area (Å²) in [5.41, 5.74) is 7.48. The highest BCUT2D eigenvalue weighted by molar-refractivity contribution is 7.13. The molecule has 2 unspecified atom stereocenters. The second-order valence-corrected chi connectivity index (χ2v) is 23.9. The number of aliphatic hydroxyl groups excluding tert-OH is 1. The number of β-amino-alcohol motifs (C(OH)–C–C–N with tert-alkyl or cyclic N) is 1. The summed E-state index contributed by atoms with van der Waals surface area (Å²) in [5.74, 6) is -2.35. The molecule has 3 N–H and O–H groups in total. The Morgan fingerprint density at radius 1 is 0.793 bits per heavy atom. The lowest BCUT2D eigenvalue weighted by atomic mass is 9.85. The molecule has 6 heterocycles. The maximum absolute atomic E-state index is 15.4. The van der Waals surface area contributed by atoms with Crippen LogP contribution in [-0.2, 0) is 60.7 Å². The number of nitrogens with zero attached hydrogens (tertiary/aromatic N) is 8. The number of aromatic nitrogens is 5. The molecule has 4 amide bonds. The Balaban J connectivity index is 0.582. The monoisotopic (exact) mass is 1220 g/mol. The van der Waals surface area contributed by atoms with E-state index in [-0.39, 0.29) is 88.0 Å². The van der Waals surface area contributed by atoms with Gasteiger partial charge in [0.25, 0.3) is 0 Å². The van der Waals surface area contributed by atoms with Gasteiger partial charge in [-0.3, -0.25) is 33.7 Å². The van der Waals surface area contributed by atoms with Crippen molar-refractivity contribution in [1.82, 2.24) is 50.1 Å². The van der Waals surface area contributed by atoms with Crippen LogP contribution in [0.1, 0.15) is 75.7 Å². The Morgan fingerprint density at radius 3 is 2.07 bits per heavy atom. The van der Waals surface area contributed by atoms with Crippen molar-refractivity contribution in [3.63, 3.8) is 0 Å². The molecule has 468 valence electrons. The van der Waals surface area contributed by atoms with Gasteiger partial charge < -0.3 is 54.0 Å². The van der Waals surface area contributed by atoms with Gasteiger partial charge in [0, 0.05) is 81.5 Å². The second kappa shape index (κ2) is 31.4. The second-order valence-electron chi connectivity index (χ2n) is 23.1. The quantitative estimate of drug-likeness (QED) is 0.0423. The first-order valence-corrected chi connectivity index (χ1v) is 30.8. The van der Waals surface area contributed by atoms with Crippen molar-refractivity contribution in [2.45, 2.75) is 97.1 Å². The number of rotatable bonds is 29. The summed E-state index contributed by atoms with van der Waals surface area (Å²) in [6, 6.07) is 14.3. The van der Waals surface area contributed by atoms with Crippen LogP contribution in [-0.4, -0.2) is 198 Å². The number of amides is 4. The van der Waals surface area contributed by atoms with Crippen molar-refractivity contribution in [2.75, 3.05) is 112 Å². The van der Waals surface area contributed by atoms with Crippen LogP contribution < -0.4 is 10.6 Å². The maximum atomic E-state index is 15.4. The summed E-state index contributed by atoms with van der Waals surface area (Å²) in [7, 11) is 0. The summed E-state index contributed by atoms with van der Waals surface area (Å²) in [4.78, 5) is 73.7. The van der Waals surface area contributed by atoms with Gasteiger partial charge in [0.15, 0.2) is 0 Å². The Morgan fingerprint density at radius 2 is 1.44 bits per heavy atom. The molecule has 0 aliphatic carbocycles. The van der Waals surface area contributed by atoms with Crippen molar-refractivity contribution in [3.8, 4) is 32.8 Å². The molecule has 0 bridgehead atoms. The fraction of sp³-hybridized carbons (Fsp3) is 0.524. The number of benzene rings is 3. The summed E-state index contributed by atoms with van der Waals surface area (Å²) < 4.78 is 66.3. The number of aliphatic hydroxyl groups is 1. The van der Waals surface area contributed by atoms with Gasteiger partial charge in [-0.1, -0.05) is 57.2 Å². The summed E-state index contributed by atoms with van der Waals surface area (Å²) in [6.45, 7) is 14.5. The van der Waals surface area contributed by atoms with Gasteiger partial charge in [0.2, 0.25) is 23.6 Å². The number of halogens is 2. The molecule has 3 aliphatic rings. The number of carbonyl (C=O) groups is 4. The van der Waals surface area contributed by atoms with Crippen LogP contribution in [0.5, 0.6) is 0 Å². The van der Waals surface area contributed by atoms with Crippen LogP contribution in [0.15, 0.2) is 78.7 Å². The van der Waals surface area contributed by atoms with Gasteiger partial charge in [-0.2, -0.15) is 5.10 Å². The van der Waals surface area contributed by atoms with Crippen LogP contribution in [0.4, 0.5) is 8.78 Å². The van der Waals surface area contributed by atoms with E-state index < -0.39 is 41.1 Å². The topological polar surface area (TPSA) is 234 Å². The average Bonchev–Trinajstić information content (AvgIpc) is 2.25. The standard InChI is InChI=1S/C63H80F2N10O11S/c1-42-59(87-41-68-42)44-10-8-43(9-11-44)35-67-61(79)55-34-48(76)39-74(55)62(80)60(63(2,3)4)71-56(77)14-20-81-24-26-84-28-30-86-31-29-85-27-25-82-21-15-57(78)73-16-12-47(13-17-73)75-38-46(36-69-75)54-37-66-53-7-5-6-49(58(53)70-54)45-32-51(64)50(52(65)33-45)40-72-18-22-83-23-19-72/h5-11,32-33,36-38,41,47-48,55,60,76H,12-31,34-35,39-40H2,1-4H3,(H,67,79)(H,71,77)/t48-,55?,60?/m1/s1. The van der Waals surface area contributed by atoms with Crippen molar-refractivity contribution in [2.24, 2.45) is 5.41 Å². The van der Waals surface area contributed by atoms with Crippen molar-refractivity contribution in [3.05, 3.63) is 107 Å². The number of thiazole rings is 1.